The fraction of sp³-hybridized carbons (Fsp3) is 1.00. The highest BCUT2D eigenvalue weighted by Crippen LogP contribution is 2.06. The van der Waals surface area contributed by atoms with Gasteiger partial charge in [0.1, 0.15) is 12.8 Å². The molecule has 3 heteroatoms. The van der Waals surface area contributed by atoms with E-state index in [-0.39, 0.29) is 12.2 Å². The second kappa shape index (κ2) is 3.88. The van der Waals surface area contributed by atoms with Crippen molar-refractivity contribution in [2.24, 2.45) is 0 Å². The summed E-state index contributed by atoms with van der Waals surface area (Å²) in [6.45, 7) is 4.91. The maximum atomic E-state index is 11.6. The summed E-state index contributed by atoms with van der Waals surface area (Å²) in [5, 5.41) is 8.72. The summed E-state index contributed by atoms with van der Waals surface area (Å²) in [6.07, 6.45) is -0.973. The topological polar surface area (TPSA) is 29.5 Å². The molecule has 0 radical (unpaired) electrons. The van der Waals surface area contributed by atoms with Gasteiger partial charge >= 0.3 is 0 Å². The van der Waals surface area contributed by atoms with Gasteiger partial charge in [0.05, 0.1) is 12.2 Å². The minimum absolute atomic E-state index is 0.0694. The Bertz CT molecular complexity index is 88.1. The average molecular weight is 149 g/mol. The molecule has 0 amide bonds. The third-order valence-corrected chi connectivity index (χ3v) is 0.887. The van der Waals surface area contributed by atoms with E-state index in [4.69, 9.17) is 9.84 Å². The van der Waals surface area contributed by atoms with Gasteiger partial charge in [-0.25, -0.2) is 4.39 Å². The highest BCUT2D eigenvalue weighted by Gasteiger charge is 2.12. The molecular formula is C7H15FO2. The fourth-order valence-corrected chi connectivity index (χ4v) is 0.391. The largest absolute Gasteiger partial charge is 0.388 e. The standard InChI is InChI=1S/C7H15FO2/c1-7(2,3)10-5-6(9)4-8/h6,9H,4-5H2,1-3H3/i8-1. The number of hydrogen-bond donors (Lipinski definition) is 1. The summed E-state index contributed by atoms with van der Waals surface area (Å²) < 4.78 is 16.7. The van der Waals surface area contributed by atoms with E-state index in [1.807, 2.05) is 20.8 Å². The van der Waals surface area contributed by atoms with E-state index < -0.39 is 12.8 Å². The first-order valence-electron chi connectivity index (χ1n) is 3.33. The molecule has 0 heterocycles. The molecule has 0 aromatic rings. The van der Waals surface area contributed by atoms with Crippen molar-refractivity contribution in [2.75, 3.05) is 13.3 Å². The number of rotatable bonds is 3. The van der Waals surface area contributed by atoms with Gasteiger partial charge in [-0.05, 0) is 20.8 Å². The molecule has 0 fully saturated rings. The maximum Gasteiger partial charge on any atom is 0.118 e. The van der Waals surface area contributed by atoms with Crippen molar-refractivity contribution >= 4 is 0 Å². The lowest BCUT2D eigenvalue weighted by molar-refractivity contribution is -0.0536. The van der Waals surface area contributed by atoms with Crippen LogP contribution >= 0.6 is 0 Å². The molecule has 1 atom stereocenters. The van der Waals surface area contributed by atoms with Crippen LogP contribution in [0.4, 0.5) is 4.39 Å². The third kappa shape index (κ3) is 5.98. The molecule has 0 spiro atoms. The summed E-state index contributed by atoms with van der Waals surface area (Å²) in [4.78, 5) is 0. The molecule has 10 heavy (non-hydrogen) atoms. The summed E-state index contributed by atoms with van der Waals surface area (Å²) in [7, 11) is 0. The number of aliphatic hydroxyl groups is 1. The lowest BCUT2D eigenvalue weighted by Gasteiger charge is -2.20. The predicted molar refractivity (Wildman–Crippen MR) is 37.7 cm³/mol. The number of hydrogen-bond acceptors (Lipinski definition) is 2. The minimum Gasteiger partial charge on any atom is -0.388 e. The Hall–Kier alpha value is -0.150. The maximum absolute atomic E-state index is 11.6. The summed E-state index contributed by atoms with van der Waals surface area (Å²) >= 11 is 0. The first-order chi connectivity index (χ1) is 4.45. The molecular weight excluding hydrogens is 134 g/mol. The van der Waals surface area contributed by atoms with Gasteiger partial charge in [-0.1, -0.05) is 0 Å². The number of aliphatic hydroxyl groups excluding tert-OH is 1. The number of ether oxygens (including phenoxy) is 1. The monoisotopic (exact) mass is 149 g/mol. The predicted octanol–water partition coefficient (Wildman–Crippen LogP) is 1.13. The molecule has 0 rings (SSSR count). The van der Waals surface area contributed by atoms with E-state index in [0.29, 0.717) is 0 Å². The lowest BCUT2D eigenvalue weighted by atomic mass is 10.2. The van der Waals surface area contributed by atoms with Crippen molar-refractivity contribution in [1.29, 1.82) is 0 Å². The molecule has 0 bridgehead atoms. The van der Waals surface area contributed by atoms with Crippen molar-refractivity contribution in [3.8, 4) is 0 Å². The highest BCUT2D eigenvalue weighted by atomic mass is 18.2. The van der Waals surface area contributed by atoms with Crippen LogP contribution in [0.15, 0.2) is 0 Å². The average Bonchev–Trinajstić information content (AvgIpc) is 1.81. The quantitative estimate of drug-likeness (QED) is 0.651. The van der Waals surface area contributed by atoms with Crippen molar-refractivity contribution < 1.29 is 14.2 Å². The molecule has 2 nitrogen and oxygen atoms in total. The van der Waals surface area contributed by atoms with Gasteiger partial charge in [0.2, 0.25) is 0 Å². The van der Waals surface area contributed by atoms with E-state index in [1.54, 1.807) is 0 Å². The fourth-order valence-electron chi connectivity index (χ4n) is 0.391. The molecule has 0 aromatic heterocycles. The van der Waals surface area contributed by atoms with Crippen LogP contribution in [0, 0.1) is 0 Å². The van der Waals surface area contributed by atoms with Gasteiger partial charge in [0, 0.05) is 0 Å². The van der Waals surface area contributed by atoms with E-state index >= 15 is 0 Å². The van der Waals surface area contributed by atoms with Crippen molar-refractivity contribution in [3.63, 3.8) is 0 Å². The first-order valence-corrected chi connectivity index (χ1v) is 3.33. The van der Waals surface area contributed by atoms with Crippen LogP contribution in [0.25, 0.3) is 0 Å². The highest BCUT2D eigenvalue weighted by molar-refractivity contribution is 4.61. The molecule has 0 aromatic carbocycles. The van der Waals surface area contributed by atoms with Gasteiger partial charge in [-0.3, -0.25) is 0 Å². The van der Waals surface area contributed by atoms with Crippen molar-refractivity contribution in [2.45, 2.75) is 32.5 Å². The molecule has 0 aliphatic rings. The van der Waals surface area contributed by atoms with Crippen molar-refractivity contribution in [1.82, 2.24) is 0 Å². The van der Waals surface area contributed by atoms with E-state index in [9.17, 15) is 4.39 Å². The zero-order chi connectivity index (χ0) is 8.20. The van der Waals surface area contributed by atoms with Crippen molar-refractivity contribution in [3.05, 3.63) is 0 Å². The van der Waals surface area contributed by atoms with Gasteiger partial charge in [0.15, 0.2) is 0 Å². The first kappa shape index (κ1) is 9.85. The Kier molecular flexibility index (Phi) is 3.83. The van der Waals surface area contributed by atoms with Crippen LogP contribution in [0.3, 0.4) is 0 Å². The number of alkyl halides is 1. The Morgan fingerprint density at radius 1 is 1.50 bits per heavy atom. The van der Waals surface area contributed by atoms with Crippen LogP contribution in [-0.4, -0.2) is 30.1 Å². The summed E-state index contributed by atoms with van der Waals surface area (Å²) in [6, 6.07) is 0. The van der Waals surface area contributed by atoms with Gasteiger partial charge in [0.25, 0.3) is 0 Å². The zero-order valence-electron chi connectivity index (χ0n) is 6.72. The summed E-state index contributed by atoms with van der Waals surface area (Å²) in [5.41, 5.74) is -0.295. The Balaban J connectivity index is 3.36. The minimum atomic E-state index is -0.973. The number of halogens is 1. The smallest absolute Gasteiger partial charge is 0.118 e. The van der Waals surface area contributed by atoms with Crippen LogP contribution in [0.5, 0.6) is 0 Å². The lowest BCUT2D eigenvalue weighted by Crippen LogP contribution is -2.27. The van der Waals surface area contributed by atoms with E-state index in [0.717, 1.165) is 0 Å². The van der Waals surface area contributed by atoms with Crippen LogP contribution < -0.4 is 0 Å². The normalized spacial score (nSPS) is 15.3. The van der Waals surface area contributed by atoms with Crippen LogP contribution in [0.2, 0.25) is 0 Å². The molecule has 0 saturated carbocycles. The van der Waals surface area contributed by atoms with Crippen LogP contribution in [-0.2, 0) is 4.74 Å². The molecule has 62 valence electrons. The van der Waals surface area contributed by atoms with Gasteiger partial charge in [-0.15, -0.1) is 0 Å². The second-order valence-electron chi connectivity index (χ2n) is 3.23. The molecule has 1 unspecified atom stereocenters. The molecule has 1 N–H and O–H groups in total. The molecule has 0 aliphatic heterocycles. The molecule has 0 aliphatic carbocycles. The Morgan fingerprint density at radius 2 is 2.00 bits per heavy atom. The zero-order valence-corrected chi connectivity index (χ0v) is 6.72. The second-order valence-corrected chi connectivity index (χ2v) is 3.23. The SMILES string of the molecule is CC(C)(C)OCC(O)C[18F]. The van der Waals surface area contributed by atoms with Gasteiger partial charge < -0.3 is 9.84 Å². The van der Waals surface area contributed by atoms with E-state index in [2.05, 4.69) is 0 Å². The Morgan fingerprint density at radius 3 is 2.30 bits per heavy atom. The third-order valence-electron chi connectivity index (χ3n) is 0.887. The Labute approximate surface area is 61.0 Å². The van der Waals surface area contributed by atoms with Crippen LogP contribution in [0.1, 0.15) is 20.8 Å². The summed E-state index contributed by atoms with van der Waals surface area (Å²) in [5.74, 6) is 0. The van der Waals surface area contributed by atoms with Gasteiger partial charge in [-0.2, -0.15) is 0 Å². The molecule has 0 saturated heterocycles. The van der Waals surface area contributed by atoms with E-state index in [1.165, 1.54) is 0 Å².